The molecular weight excluding hydrogens is 279 g/mol. The average molecular weight is 294 g/mol. The first-order valence-corrected chi connectivity index (χ1v) is 6.87. The molecule has 4 nitrogen and oxygen atoms in total. The maximum atomic E-state index is 12.9. The van der Waals surface area contributed by atoms with Gasteiger partial charge in [0.25, 0.3) is 0 Å². The molecular formula is C17H15FN4. The van der Waals surface area contributed by atoms with Crippen molar-refractivity contribution >= 4 is 23.0 Å². The van der Waals surface area contributed by atoms with Gasteiger partial charge in [-0.1, -0.05) is 17.7 Å². The Balaban J connectivity index is 1.74. The zero-order valence-corrected chi connectivity index (χ0v) is 12.0. The van der Waals surface area contributed by atoms with E-state index in [9.17, 15) is 4.39 Å². The number of benzene rings is 2. The molecule has 0 spiro atoms. The van der Waals surface area contributed by atoms with Gasteiger partial charge in [-0.15, -0.1) is 0 Å². The van der Waals surface area contributed by atoms with Gasteiger partial charge >= 0.3 is 0 Å². The lowest BCUT2D eigenvalue weighted by molar-refractivity contribution is 0.628. The fourth-order valence-corrected chi connectivity index (χ4v) is 1.96. The molecule has 0 atom stereocenters. The Kier molecular flexibility index (Phi) is 3.96. The molecule has 0 aliphatic carbocycles. The minimum atomic E-state index is -0.269. The zero-order chi connectivity index (χ0) is 15.4. The van der Waals surface area contributed by atoms with Gasteiger partial charge in [-0.25, -0.2) is 14.4 Å². The van der Waals surface area contributed by atoms with E-state index in [0.29, 0.717) is 11.6 Å². The lowest BCUT2D eigenvalue weighted by Crippen LogP contribution is -1.98. The molecule has 0 bridgehead atoms. The van der Waals surface area contributed by atoms with Crippen LogP contribution in [0.3, 0.4) is 0 Å². The van der Waals surface area contributed by atoms with Crippen LogP contribution in [0.15, 0.2) is 60.9 Å². The maximum absolute atomic E-state index is 12.9. The molecule has 3 rings (SSSR count). The number of nitrogens with zero attached hydrogens (tertiary/aromatic N) is 2. The predicted molar refractivity (Wildman–Crippen MR) is 86.2 cm³/mol. The third-order valence-corrected chi connectivity index (χ3v) is 3.11. The first-order chi connectivity index (χ1) is 10.7. The van der Waals surface area contributed by atoms with Gasteiger partial charge in [-0.05, 0) is 43.3 Å². The Morgan fingerprint density at radius 3 is 1.82 bits per heavy atom. The minimum Gasteiger partial charge on any atom is -0.340 e. The SMILES string of the molecule is Cc1ccc(Nc2cc(Nc3ccc(F)cc3)ncn2)cc1. The Morgan fingerprint density at radius 1 is 0.773 bits per heavy atom. The monoisotopic (exact) mass is 294 g/mol. The Morgan fingerprint density at radius 2 is 1.27 bits per heavy atom. The molecule has 0 saturated carbocycles. The summed E-state index contributed by atoms with van der Waals surface area (Å²) in [6.07, 6.45) is 1.47. The van der Waals surface area contributed by atoms with E-state index in [4.69, 9.17) is 0 Å². The van der Waals surface area contributed by atoms with E-state index in [2.05, 4.69) is 20.6 Å². The molecule has 0 saturated heterocycles. The molecule has 1 heterocycles. The molecule has 2 N–H and O–H groups in total. The van der Waals surface area contributed by atoms with Crippen LogP contribution in [0.5, 0.6) is 0 Å². The molecule has 2 aromatic carbocycles. The van der Waals surface area contributed by atoms with E-state index in [1.807, 2.05) is 31.2 Å². The summed E-state index contributed by atoms with van der Waals surface area (Å²) in [5, 5.41) is 6.32. The van der Waals surface area contributed by atoms with E-state index in [-0.39, 0.29) is 5.82 Å². The number of hydrogen-bond donors (Lipinski definition) is 2. The first-order valence-electron chi connectivity index (χ1n) is 6.87. The van der Waals surface area contributed by atoms with E-state index in [1.54, 1.807) is 18.2 Å². The van der Waals surface area contributed by atoms with Crippen molar-refractivity contribution in [3.8, 4) is 0 Å². The third kappa shape index (κ3) is 3.58. The summed E-state index contributed by atoms with van der Waals surface area (Å²) >= 11 is 0. The van der Waals surface area contributed by atoms with Crippen LogP contribution in [0.25, 0.3) is 0 Å². The van der Waals surface area contributed by atoms with Gasteiger partial charge in [0.05, 0.1) is 0 Å². The fraction of sp³-hybridized carbons (Fsp3) is 0.0588. The van der Waals surface area contributed by atoms with Crippen molar-refractivity contribution < 1.29 is 4.39 Å². The maximum Gasteiger partial charge on any atom is 0.135 e. The van der Waals surface area contributed by atoms with Gasteiger partial charge in [0, 0.05) is 17.4 Å². The van der Waals surface area contributed by atoms with Crippen LogP contribution < -0.4 is 10.6 Å². The van der Waals surface area contributed by atoms with Crippen LogP contribution in [0.1, 0.15) is 5.56 Å². The lowest BCUT2D eigenvalue weighted by atomic mass is 10.2. The number of nitrogens with one attached hydrogen (secondary N) is 2. The van der Waals surface area contributed by atoms with Gasteiger partial charge < -0.3 is 10.6 Å². The Hall–Kier alpha value is -2.95. The molecule has 1 aromatic heterocycles. The van der Waals surface area contributed by atoms with Gasteiger partial charge in [0.15, 0.2) is 0 Å². The second-order valence-corrected chi connectivity index (χ2v) is 4.91. The summed E-state index contributed by atoms with van der Waals surface area (Å²) in [7, 11) is 0. The summed E-state index contributed by atoms with van der Waals surface area (Å²) in [6.45, 7) is 2.04. The third-order valence-electron chi connectivity index (χ3n) is 3.11. The van der Waals surface area contributed by atoms with Crippen molar-refractivity contribution in [1.82, 2.24) is 9.97 Å². The highest BCUT2D eigenvalue weighted by molar-refractivity contribution is 5.62. The van der Waals surface area contributed by atoms with Crippen molar-refractivity contribution in [2.24, 2.45) is 0 Å². The van der Waals surface area contributed by atoms with E-state index >= 15 is 0 Å². The number of rotatable bonds is 4. The van der Waals surface area contributed by atoms with E-state index < -0.39 is 0 Å². The summed E-state index contributed by atoms with van der Waals surface area (Å²) in [4.78, 5) is 8.35. The predicted octanol–water partition coefficient (Wildman–Crippen LogP) is 4.41. The number of anilines is 4. The molecule has 5 heteroatoms. The van der Waals surface area contributed by atoms with Gasteiger partial charge in [0.2, 0.25) is 0 Å². The molecule has 0 unspecified atom stereocenters. The standard InChI is InChI=1S/C17H15FN4/c1-12-2-6-14(7-3-12)21-16-10-17(20-11-19-16)22-15-8-4-13(18)5-9-15/h2-11H,1H3,(H2,19,20,21,22). The van der Waals surface area contributed by atoms with Crippen LogP contribution in [-0.4, -0.2) is 9.97 Å². The highest BCUT2D eigenvalue weighted by atomic mass is 19.1. The number of halogens is 1. The van der Waals surface area contributed by atoms with Crippen LogP contribution in [-0.2, 0) is 0 Å². The van der Waals surface area contributed by atoms with Gasteiger partial charge in [-0.2, -0.15) is 0 Å². The summed E-state index contributed by atoms with van der Waals surface area (Å²) in [5.74, 6) is 1.05. The highest BCUT2D eigenvalue weighted by Crippen LogP contribution is 2.19. The van der Waals surface area contributed by atoms with Crippen molar-refractivity contribution in [3.63, 3.8) is 0 Å². The number of aromatic nitrogens is 2. The fourth-order valence-electron chi connectivity index (χ4n) is 1.96. The van der Waals surface area contributed by atoms with Crippen molar-refractivity contribution in [2.45, 2.75) is 6.92 Å². The second-order valence-electron chi connectivity index (χ2n) is 4.91. The molecule has 110 valence electrons. The molecule has 22 heavy (non-hydrogen) atoms. The van der Waals surface area contributed by atoms with Gasteiger partial charge in [-0.3, -0.25) is 0 Å². The molecule has 0 amide bonds. The smallest absolute Gasteiger partial charge is 0.135 e. The van der Waals surface area contributed by atoms with Crippen molar-refractivity contribution in [3.05, 3.63) is 72.3 Å². The quantitative estimate of drug-likeness (QED) is 0.748. The molecule has 0 aliphatic rings. The normalized spacial score (nSPS) is 10.3. The first kappa shape index (κ1) is 14.0. The highest BCUT2D eigenvalue weighted by Gasteiger charge is 2.01. The molecule has 3 aromatic rings. The number of hydrogen-bond acceptors (Lipinski definition) is 4. The van der Waals surface area contributed by atoms with Crippen LogP contribution in [0.4, 0.5) is 27.4 Å². The summed E-state index contributed by atoms with van der Waals surface area (Å²) in [6, 6.07) is 15.9. The average Bonchev–Trinajstić information content (AvgIpc) is 2.52. The topological polar surface area (TPSA) is 49.8 Å². The van der Waals surface area contributed by atoms with Gasteiger partial charge in [0.1, 0.15) is 23.8 Å². The van der Waals surface area contributed by atoms with Crippen LogP contribution in [0, 0.1) is 12.7 Å². The summed E-state index contributed by atoms with van der Waals surface area (Å²) < 4.78 is 12.9. The summed E-state index contributed by atoms with van der Waals surface area (Å²) in [5.41, 5.74) is 2.92. The lowest BCUT2D eigenvalue weighted by Gasteiger charge is -2.09. The Bertz CT molecular complexity index is 692. The van der Waals surface area contributed by atoms with Crippen molar-refractivity contribution in [1.29, 1.82) is 0 Å². The minimum absolute atomic E-state index is 0.269. The van der Waals surface area contributed by atoms with Crippen LogP contribution in [0.2, 0.25) is 0 Å². The molecule has 0 radical (unpaired) electrons. The second kappa shape index (κ2) is 6.22. The van der Waals surface area contributed by atoms with Crippen molar-refractivity contribution in [2.75, 3.05) is 10.6 Å². The van der Waals surface area contributed by atoms with E-state index in [1.165, 1.54) is 24.0 Å². The molecule has 0 fully saturated rings. The van der Waals surface area contributed by atoms with Crippen LogP contribution >= 0.6 is 0 Å². The number of aryl methyl sites for hydroxylation is 1. The van der Waals surface area contributed by atoms with E-state index in [0.717, 1.165) is 11.4 Å². The zero-order valence-electron chi connectivity index (χ0n) is 12.0. The Labute approximate surface area is 128 Å². The largest absolute Gasteiger partial charge is 0.340 e. The molecule has 0 aliphatic heterocycles.